The van der Waals surface area contributed by atoms with Gasteiger partial charge in [0, 0.05) is 12.4 Å². The van der Waals surface area contributed by atoms with Crippen molar-refractivity contribution in [3.8, 4) is 0 Å². The molecule has 0 aromatic carbocycles. The van der Waals surface area contributed by atoms with Crippen molar-refractivity contribution in [2.75, 3.05) is 0 Å². The Balaban J connectivity index is 0.00000256. The van der Waals surface area contributed by atoms with Crippen LogP contribution < -0.4 is 0 Å². The fraction of sp³-hybridized carbons (Fsp3) is 0.643. The molecule has 0 amide bonds. The predicted molar refractivity (Wildman–Crippen MR) is 74.6 cm³/mol. The molecular weight excluding hydrogens is 234 g/mol. The molecule has 0 fully saturated rings. The third kappa shape index (κ3) is 8.17. The summed E-state index contributed by atoms with van der Waals surface area (Å²) in [5.41, 5.74) is 1.13. The van der Waals surface area contributed by atoms with Gasteiger partial charge in [0.15, 0.2) is 0 Å². The molecule has 0 radical (unpaired) electrons. The maximum Gasteiger partial charge on any atom is 0.0581 e. The molecule has 0 saturated heterocycles. The molecule has 1 rings (SSSR count). The zero-order chi connectivity index (χ0) is 11.6. The standard InChI is InChI=1S/C14H23NO.ClH/c1-2-3-4-5-6-9-14(16)11-13-8-7-10-15-12-13;/h7-8,10,12,14,16H,2-6,9,11H2,1H3;1H. The van der Waals surface area contributed by atoms with Gasteiger partial charge in [-0.25, -0.2) is 0 Å². The number of aromatic nitrogens is 1. The zero-order valence-electron chi connectivity index (χ0n) is 10.6. The Hall–Kier alpha value is -0.600. The van der Waals surface area contributed by atoms with E-state index in [1.54, 1.807) is 6.20 Å². The summed E-state index contributed by atoms with van der Waals surface area (Å²) in [5.74, 6) is 0. The van der Waals surface area contributed by atoms with E-state index in [1.165, 1.54) is 25.7 Å². The lowest BCUT2D eigenvalue weighted by atomic mass is 10.0. The van der Waals surface area contributed by atoms with Gasteiger partial charge in [0.1, 0.15) is 0 Å². The van der Waals surface area contributed by atoms with Gasteiger partial charge >= 0.3 is 0 Å². The van der Waals surface area contributed by atoms with Crippen molar-refractivity contribution in [2.24, 2.45) is 0 Å². The topological polar surface area (TPSA) is 33.1 Å². The summed E-state index contributed by atoms with van der Waals surface area (Å²) in [4.78, 5) is 4.05. The first-order valence-corrected chi connectivity index (χ1v) is 6.40. The third-order valence-electron chi connectivity index (χ3n) is 2.84. The fourth-order valence-corrected chi connectivity index (χ4v) is 1.88. The largest absolute Gasteiger partial charge is 0.393 e. The molecule has 0 spiro atoms. The van der Waals surface area contributed by atoms with Gasteiger partial charge in [-0.1, -0.05) is 45.1 Å². The normalized spacial score (nSPS) is 11.9. The predicted octanol–water partition coefficient (Wildman–Crippen LogP) is 3.77. The molecule has 1 unspecified atom stereocenters. The Bertz CT molecular complexity index is 266. The maximum atomic E-state index is 9.83. The molecule has 98 valence electrons. The highest BCUT2D eigenvalue weighted by Gasteiger charge is 2.04. The highest BCUT2D eigenvalue weighted by Crippen LogP contribution is 2.10. The van der Waals surface area contributed by atoms with Gasteiger partial charge in [-0.05, 0) is 24.5 Å². The molecule has 3 heteroatoms. The van der Waals surface area contributed by atoms with E-state index in [4.69, 9.17) is 0 Å². The van der Waals surface area contributed by atoms with Gasteiger partial charge in [0.05, 0.1) is 6.10 Å². The number of rotatable bonds is 8. The molecule has 1 N–H and O–H groups in total. The second-order valence-corrected chi connectivity index (χ2v) is 4.42. The number of aliphatic hydroxyl groups excluding tert-OH is 1. The van der Waals surface area contributed by atoms with Crippen LogP contribution in [0.2, 0.25) is 0 Å². The Morgan fingerprint density at radius 3 is 2.65 bits per heavy atom. The van der Waals surface area contributed by atoms with E-state index in [2.05, 4.69) is 11.9 Å². The molecule has 1 aromatic heterocycles. The lowest BCUT2D eigenvalue weighted by Gasteiger charge is -2.09. The molecule has 1 heterocycles. The quantitative estimate of drug-likeness (QED) is 0.720. The highest BCUT2D eigenvalue weighted by atomic mass is 35.5. The van der Waals surface area contributed by atoms with Crippen LogP contribution in [-0.2, 0) is 6.42 Å². The minimum Gasteiger partial charge on any atom is -0.393 e. The first-order chi connectivity index (χ1) is 7.83. The van der Waals surface area contributed by atoms with E-state index < -0.39 is 0 Å². The molecule has 1 aromatic rings. The van der Waals surface area contributed by atoms with Crippen LogP contribution in [0.25, 0.3) is 0 Å². The lowest BCUT2D eigenvalue weighted by molar-refractivity contribution is 0.161. The van der Waals surface area contributed by atoms with Crippen molar-refractivity contribution in [1.29, 1.82) is 0 Å². The van der Waals surface area contributed by atoms with E-state index in [0.717, 1.165) is 24.8 Å². The molecule has 0 bridgehead atoms. The smallest absolute Gasteiger partial charge is 0.0581 e. The summed E-state index contributed by atoms with van der Waals surface area (Å²) < 4.78 is 0. The molecule has 0 saturated carbocycles. The van der Waals surface area contributed by atoms with E-state index >= 15 is 0 Å². The minimum absolute atomic E-state index is 0. The number of aliphatic hydroxyl groups is 1. The molecule has 2 nitrogen and oxygen atoms in total. The van der Waals surface area contributed by atoms with Crippen molar-refractivity contribution in [3.05, 3.63) is 30.1 Å². The van der Waals surface area contributed by atoms with Crippen molar-refractivity contribution >= 4 is 12.4 Å². The molecule has 0 aliphatic heterocycles. The highest BCUT2D eigenvalue weighted by molar-refractivity contribution is 5.85. The molecular formula is C14H24ClNO. The van der Waals surface area contributed by atoms with Gasteiger partial charge in [-0.15, -0.1) is 12.4 Å². The number of halogens is 1. The summed E-state index contributed by atoms with van der Waals surface area (Å²) in [7, 11) is 0. The van der Waals surface area contributed by atoms with Crippen molar-refractivity contribution in [1.82, 2.24) is 4.98 Å². The zero-order valence-corrected chi connectivity index (χ0v) is 11.5. The van der Waals surface area contributed by atoms with Crippen molar-refractivity contribution in [2.45, 2.75) is 58.0 Å². The summed E-state index contributed by atoms with van der Waals surface area (Å²) >= 11 is 0. The second kappa shape index (κ2) is 10.5. The Morgan fingerprint density at radius 1 is 1.24 bits per heavy atom. The first-order valence-electron chi connectivity index (χ1n) is 6.40. The summed E-state index contributed by atoms with van der Waals surface area (Å²) in [5, 5.41) is 9.83. The van der Waals surface area contributed by atoms with Crippen LogP contribution >= 0.6 is 12.4 Å². The van der Waals surface area contributed by atoms with Gasteiger partial charge in [0.2, 0.25) is 0 Å². The number of pyridine rings is 1. The average molecular weight is 258 g/mol. The van der Waals surface area contributed by atoms with Crippen LogP contribution in [-0.4, -0.2) is 16.2 Å². The first kappa shape index (κ1) is 16.4. The Kier molecular flexibility index (Phi) is 10.2. The Labute approximate surface area is 111 Å². The molecule has 0 aliphatic rings. The maximum absolute atomic E-state index is 9.83. The number of hydrogen-bond acceptors (Lipinski definition) is 2. The van der Waals surface area contributed by atoms with E-state index in [1.807, 2.05) is 18.3 Å². The summed E-state index contributed by atoms with van der Waals surface area (Å²) in [6.45, 7) is 2.22. The van der Waals surface area contributed by atoms with Gasteiger partial charge in [-0.2, -0.15) is 0 Å². The summed E-state index contributed by atoms with van der Waals surface area (Å²) in [6, 6.07) is 3.94. The van der Waals surface area contributed by atoms with Gasteiger partial charge in [0.25, 0.3) is 0 Å². The van der Waals surface area contributed by atoms with Crippen LogP contribution in [0.4, 0.5) is 0 Å². The van der Waals surface area contributed by atoms with Crippen LogP contribution in [0.1, 0.15) is 51.0 Å². The summed E-state index contributed by atoms with van der Waals surface area (Å²) in [6.07, 6.45) is 11.3. The van der Waals surface area contributed by atoms with Gasteiger partial charge < -0.3 is 5.11 Å². The van der Waals surface area contributed by atoms with Gasteiger partial charge in [-0.3, -0.25) is 4.98 Å². The van der Waals surface area contributed by atoms with Crippen LogP contribution in [0.15, 0.2) is 24.5 Å². The number of unbranched alkanes of at least 4 members (excludes halogenated alkanes) is 4. The lowest BCUT2D eigenvalue weighted by Crippen LogP contribution is -2.10. The van der Waals surface area contributed by atoms with Crippen molar-refractivity contribution in [3.63, 3.8) is 0 Å². The monoisotopic (exact) mass is 257 g/mol. The SMILES string of the molecule is CCCCCCCC(O)Cc1cccnc1.Cl. The van der Waals surface area contributed by atoms with Crippen LogP contribution in [0.3, 0.4) is 0 Å². The average Bonchev–Trinajstić information content (AvgIpc) is 2.30. The number of hydrogen-bond donors (Lipinski definition) is 1. The fourth-order valence-electron chi connectivity index (χ4n) is 1.88. The minimum atomic E-state index is -0.203. The van der Waals surface area contributed by atoms with E-state index in [9.17, 15) is 5.11 Å². The van der Waals surface area contributed by atoms with Crippen molar-refractivity contribution < 1.29 is 5.11 Å². The molecule has 1 atom stereocenters. The van der Waals surface area contributed by atoms with Crippen LogP contribution in [0.5, 0.6) is 0 Å². The molecule has 0 aliphatic carbocycles. The second-order valence-electron chi connectivity index (χ2n) is 4.42. The number of nitrogens with zero attached hydrogens (tertiary/aromatic N) is 1. The Morgan fingerprint density at radius 2 is 2.00 bits per heavy atom. The van der Waals surface area contributed by atoms with E-state index in [0.29, 0.717) is 0 Å². The van der Waals surface area contributed by atoms with E-state index in [-0.39, 0.29) is 18.5 Å². The molecule has 17 heavy (non-hydrogen) atoms. The van der Waals surface area contributed by atoms with Crippen LogP contribution in [0, 0.1) is 0 Å². The third-order valence-corrected chi connectivity index (χ3v) is 2.84.